The largest absolute Gasteiger partial charge is 0.478 e. The summed E-state index contributed by atoms with van der Waals surface area (Å²) in [5.74, 6) is -1.92. The molecule has 6 heteroatoms. The van der Waals surface area contributed by atoms with Crippen LogP contribution in [-0.2, 0) is 4.79 Å². The van der Waals surface area contributed by atoms with Gasteiger partial charge in [-0.05, 0) is 31.2 Å². The van der Waals surface area contributed by atoms with Gasteiger partial charge in [0.15, 0.2) is 0 Å². The Hall–Kier alpha value is -2.37. The Morgan fingerprint density at radius 2 is 1.72 bits per heavy atom. The summed E-state index contributed by atoms with van der Waals surface area (Å²) in [4.78, 5) is 33.0. The maximum atomic E-state index is 11.7. The molecule has 1 aromatic carbocycles. The van der Waals surface area contributed by atoms with Gasteiger partial charge in [-0.3, -0.25) is 9.59 Å². The van der Waals surface area contributed by atoms with Gasteiger partial charge in [0.05, 0.1) is 5.56 Å². The average molecular weight is 250 g/mol. The van der Waals surface area contributed by atoms with Crippen molar-refractivity contribution in [3.8, 4) is 0 Å². The molecule has 0 fully saturated rings. The van der Waals surface area contributed by atoms with Gasteiger partial charge in [0, 0.05) is 18.0 Å². The lowest BCUT2D eigenvalue weighted by Crippen LogP contribution is -2.35. The van der Waals surface area contributed by atoms with E-state index in [1.807, 2.05) is 0 Å². The number of carbonyl (C=O) groups excluding carboxylic acids is 2. The number of amides is 2. The predicted octanol–water partition coefficient (Wildman–Crippen LogP) is 0.378. The molecule has 96 valence electrons. The second kappa shape index (κ2) is 5.81. The minimum Gasteiger partial charge on any atom is -0.478 e. The van der Waals surface area contributed by atoms with Gasteiger partial charge >= 0.3 is 5.97 Å². The van der Waals surface area contributed by atoms with Crippen molar-refractivity contribution in [2.45, 2.75) is 19.4 Å². The fourth-order valence-electron chi connectivity index (χ4n) is 1.42. The number of carboxylic acid groups (broad SMARTS) is 1. The van der Waals surface area contributed by atoms with Crippen molar-refractivity contribution in [2.24, 2.45) is 5.73 Å². The summed E-state index contributed by atoms with van der Waals surface area (Å²) in [5.41, 5.74) is 5.44. The first kappa shape index (κ1) is 13.7. The predicted molar refractivity (Wildman–Crippen MR) is 64.1 cm³/mol. The van der Waals surface area contributed by atoms with Crippen LogP contribution in [0.3, 0.4) is 0 Å². The monoisotopic (exact) mass is 250 g/mol. The van der Waals surface area contributed by atoms with Crippen LogP contribution in [0.4, 0.5) is 0 Å². The first-order valence-electron chi connectivity index (χ1n) is 5.32. The summed E-state index contributed by atoms with van der Waals surface area (Å²) in [6.07, 6.45) is 0.0545. The highest BCUT2D eigenvalue weighted by Crippen LogP contribution is 2.05. The summed E-state index contributed by atoms with van der Waals surface area (Å²) in [7, 11) is 0. The van der Waals surface area contributed by atoms with Crippen LogP contribution in [-0.4, -0.2) is 28.9 Å². The van der Waals surface area contributed by atoms with E-state index in [1.54, 1.807) is 6.92 Å². The first-order valence-corrected chi connectivity index (χ1v) is 5.32. The maximum Gasteiger partial charge on any atom is 0.335 e. The molecule has 1 atom stereocenters. The van der Waals surface area contributed by atoms with E-state index in [2.05, 4.69) is 5.32 Å². The lowest BCUT2D eigenvalue weighted by molar-refractivity contribution is -0.118. The molecule has 1 unspecified atom stereocenters. The summed E-state index contributed by atoms with van der Waals surface area (Å²) in [6, 6.07) is 5.14. The molecule has 6 nitrogen and oxygen atoms in total. The van der Waals surface area contributed by atoms with E-state index in [9.17, 15) is 14.4 Å². The third kappa shape index (κ3) is 3.89. The van der Waals surface area contributed by atoms with Crippen LogP contribution in [0.1, 0.15) is 34.1 Å². The van der Waals surface area contributed by atoms with Crippen LogP contribution in [0, 0.1) is 0 Å². The topological polar surface area (TPSA) is 109 Å². The zero-order chi connectivity index (χ0) is 13.7. The minimum absolute atomic E-state index is 0.0545. The van der Waals surface area contributed by atoms with E-state index in [0.717, 1.165) is 0 Å². The fourth-order valence-corrected chi connectivity index (χ4v) is 1.42. The van der Waals surface area contributed by atoms with Crippen molar-refractivity contribution >= 4 is 17.8 Å². The van der Waals surface area contributed by atoms with Gasteiger partial charge < -0.3 is 16.2 Å². The molecule has 1 rings (SSSR count). The van der Waals surface area contributed by atoms with Crippen LogP contribution < -0.4 is 11.1 Å². The van der Waals surface area contributed by atoms with Crippen molar-refractivity contribution in [3.05, 3.63) is 35.4 Å². The number of carbonyl (C=O) groups is 3. The zero-order valence-electron chi connectivity index (χ0n) is 9.84. The normalized spacial score (nSPS) is 11.6. The molecule has 1 aromatic rings. The van der Waals surface area contributed by atoms with E-state index >= 15 is 0 Å². The molecule has 0 aliphatic carbocycles. The van der Waals surface area contributed by atoms with Crippen molar-refractivity contribution in [3.63, 3.8) is 0 Å². The van der Waals surface area contributed by atoms with Gasteiger partial charge in [-0.1, -0.05) is 0 Å². The van der Waals surface area contributed by atoms with Crippen molar-refractivity contribution in [1.29, 1.82) is 0 Å². The molecule has 18 heavy (non-hydrogen) atoms. The van der Waals surface area contributed by atoms with Crippen molar-refractivity contribution in [2.75, 3.05) is 0 Å². The van der Waals surface area contributed by atoms with E-state index in [0.29, 0.717) is 5.56 Å². The van der Waals surface area contributed by atoms with Crippen LogP contribution in [0.5, 0.6) is 0 Å². The highest BCUT2D eigenvalue weighted by atomic mass is 16.4. The number of aromatic carboxylic acids is 1. The summed E-state index contributed by atoms with van der Waals surface area (Å²) >= 11 is 0. The lowest BCUT2D eigenvalue weighted by atomic mass is 10.1. The van der Waals surface area contributed by atoms with Gasteiger partial charge in [-0.2, -0.15) is 0 Å². The number of carboxylic acids is 1. The van der Waals surface area contributed by atoms with Gasteiger partial charge in [0.2, 0.25) is 5.91 Å². The SMILES string of the molecule is CC(CC(N)=O)NC(=O)c1ccc(C(=O)O)cc1. The van der Waals surface area contributed by atoms with Gasteiger partial charge in [-0.15, -0.1) is 0 Å². The number of benzene rings is 1. The molecule has 0 saturated carbocycles. The standard InChI is InChI=1S/C12H14N2O4/c1-7(6-10(13)15)14-11(16)8-2-4-9(5-3-8)12(17)18/h2-5,7H,6H2,1H3,(H2,13,15)(H,14,16)(H,17,18). The Morgan fingerprint density at radius 1 is 1.22 bits per heavy atom. The molecule has 0 aliphatic rings. The molecular formula is C12H14N2O4. The third-order valence-corrected chi connectivity index (χ3v) is 2.28. The third-order valence-electron chi connectivity index (χ3n) is 2.28. The van der Waals surface area contributed by atoms with E-state index in [-0.39, 0.29) is 23.9 Å². The molecular weight excluding hydrogens is 236 g/mol. The zero-order valence-corrected chi connectivity index (χ0v) is 9.84. The molecule has 0 spiro atoms. The Balaban J connectivity index is 2.67. The van der Waals surface area contributed by atoms with Gasteiger partial charge in [-0.25, -0.2) is 4.79 Å². The Morgan fingerprint density at radius 3 is 2.17 bits per heavy atom. The molecule has 0 bridgehead atoms. The molecule has 0 aromatic heterocycles. The number of nitrogens with one attached hydrogen (secondary N) is 1. The smallest absolute Gasteiger partial charge is 0.335 e. The molecule has 0 aliphatic heterocycles. The highest BCUT2D eigenvalue weighted by Gasteiger charge is 2.12. The van der Waals surface area contributed by atoms with Gasteiger partial charge in [0.1, 0.15) is 0 Å². The first-order chi connectivity index (χ1) is 8.40. The number of primary amides is 1. The average Bonchev–Trinajstić information content (AvgIpc) is 2.27. The summed E-state index contributed by atoms with van der Waals surface area (Å²) in [6.45, 7) is 1.66. The summed E-state index contributed by atoms with van der Waals surface area (Å²) < 4.78 is 0. The van der Waals surface area contributed by atoms with Crippen LogP contribution in [0.2, 0.25) is 0 Å². The van der Waals surface area contributed by atoms with Crippen LogP contribution >= 0.6 is 0 Å². The van der Waals surface area contributed by atoms with Gasteiger partial charge in [0.25, 0.3) is 5.91 Å². The molecule has 4 N–H and O–H groups in total. The summed E-state index contributed by atoms with van der Waals surface area (Å²) in [5, 5.41) is 11.3. The van der Waals surface area contributed by atoms with Crippen molar-refractivity contribution < 1.29 is 19.5 Å². The minimum atomic E-state index is -1.05. The van der Waals surface area contributed by atoms with E-state index < -0.39 is 11.9 Å². The highest BCUT2D eigenvalue weighted by molar-refractivity contribution is 5.96. The molecule has 0 saturated heterocycles. The van der Waals surface area contributed by atoms with E-state index in [1.165, 1.54) is 24.3 Å². The maximum absolute atomic E-state index is 11.7. The second-order valence-corrected chi connectivity index (χ2v) is 3.93. The Labute approximate surface area is 104 Å². The molecule has 0 radical (unpaired) electrons. The number of rotatable bonds is 5. The fraction of sp³-hybridized carbons (Fsp3) is 0.250. The Bertz CT molecular complexity index is 467. The number of nitrogens with two attached hydrogens (primary N) is 1. The second-order valence-electron chi connectivity index (χ2n) is 3.93. The van der Waals surface area contributed by atoms with Crippen LogP contribution in [0.15, 0.2) is 24.3 Å². The lowest BCUT2D eigenvalue weighted by Gasteiger charge is -2.11. The quantitative estimate of drug-likeness (QED) is 0.701. The number of hydrogen-bond donors (Lipinski definition) is 3. The number of hydrogen-bond acceptors (Lipinski definition) is 3. The molecule has 2 amide bonds. The molecule has 0 heterocycles. The van der Waals surface area contributed by atoms with Crippen molar-refractivity contribution in [1.82, 2.24) is 5.32 Å². The van der Waals surface area contributed by atoms with E-state index in [4.69, 9.17) is 10.8 Å². The van der Waals surface area contributed by atoms with Crippen LogP contribution in [0.25, 0.3) is 0 Å². The Kier molecular flexibility index (Phi) is 4.42.